The molecule has 5 nitrogen and oxygen atoms in total. The van der Waals surface area contributed by atoms with Crippen molar-refractivity contribution in [2.24, 2.45) is 0 Å². The number of rotatable bonds is 6. The molecule has 1 aromatic heterocycles. The third-order valence-corrected chi connectivity index (χ3v) is 4.19. The maximum absolute atomic E-state index is 12.1. The molecule has 1 amide bonds. The average molecular weight is 278 g/mol. The van der Waals surface area contributed by atoms with Crippen LogP contribution < -0.4 is 11.1 Å². The van der Waals surface area contributed by atoms with Crippen molar-refractivity contribution in [3.8, 4) is 0 Å². The zero-order chi connectivity index (χ0) is 14.5. The number of carbonyl (C=O) groups is 1. The number of anilines is 1. The van der Waals surface area contributed by atoms with E-state index < -0.39 is 0 Å². The van der Waals surface area contributed by atoms with Crippen LogP contribution in [0.3, 0.4) is 0 Å². The molecule has 1 aliphatic rings. The van der Waals surface area contributed by atoms with Gasteiger partial charge in [0.05, 0.1) is 5.69 Å². The minimum Gasteiger partial charge on any atom is -0.397 e. The van der Waals surface area contributed by atoms with Crippen molar-refractivity contribution in [3.63, 3.8) is 0 Å². The van der Waals surface area contributed by atoms with E-state index in [1.165, 1.54) is 25.7 Å². The Kier molecular flexibility index (Phi) is 5.06. The monoisotopic (exact) mass is 278 g/mol. The van der Waals surface area contributed by atoms with Crippen molar-refractivity contribution >= 4 is 11.6 Å². The van der Waals surface area contributed by atoms with Gasteiger partial charge >= 0.3 is 0 Å². The molecule has 5 heteroatoms. The number of nitrogens with two attached hydrogens (primary N) is 1. The molecule has 2 rings (SSSR count). The van der Waals surface area contributed by atoms with Crippen LogP contribution in [0.5, 0.6) is 0 Å². The third kappa shape index (κ3) is 3.54. The average Bonchev–Trinajstić information content (AvgIpc) is 3.07. The fraction of sp³-hybridized carbons (Fsp3) is 0.667. The number of aryl methyl sites for hydroxylation is 1. The fourth-order valence-electron chi connectivity index (χ4n) is 2.95. The lowest BCUT2D eigenvalue weighted by Crippen LogP contribution is -2.37. The summed E-state index contributed by atoms with van der Waals surface area (Å²) in [6, 6.07) is 2.43. The minimum atomic E-state index is -0.0385. The van der Waals surface area contributed by atoms with Crippen LogP contribution in [0, 0.1) is 0 Å². The van der Waals surface area contributed by atoms with E-state index >= 15 is 0 Å². The first-order valence-electron chi connectivity index (χ1n) is 7.56. The molecule has 0 aromatic carbocycles. The van der Waals surface area contributed by atoms with Crippen molar-refractivity contribution < 1.29 is 4.79 Å². The summed E-state index contributed by atoms with van der Waals surface area (Å²) in [4.78, 5) is 14.5. The second kappa shape index (κ2) is 6.79. The molecule has 1 fully saturated rings. The molecule has 20 heavy (non-hydrogen) atoms. The molecule has 0 bridgehead atoms. The van der Waals surface area contributed by atoms with E-state index in [2.05, 4.69) is 17.3 Å². The summed E-state index contributed by atoms with van der Waals surface area (Å²) >= 11 is 0. The molecular formula is C15H26N4O. The van der Waals surface area contributed by atoms with Gasteiger partial charge in [0.25, 0.3) is 5.91 Å². The number of amides is 1. The van der Waals surface area contributed by atoms with Crippen molar-refractivity contribution in [3.05, 3.63) is 18.0 Å². The zero-order valence-corrected chi connectivity index (χ0v) is 12.6. The number of nitrogens with one attached hydrogen (secondary N) is 1. The number of hydrogen-bond donors (Lipinski definition) is 2. The van der Waals surface area contributed by atoms with Gasteiger partial charge in [-0.25, -0.2) is 0 Å². The number of likely N-dealkylation sites (N-methyl/N-ethyl adjacent to an activating group) is 1. The van der Waals surface area contributed by atoms with Gasteiger partial charge in [0.2, 0.25) is 0 Å². The fourth-order valence-corrected chi connectivity index (χ4v) is 2.95. The highest BCUT2D eigenvalue weighted by atomic mass is 16.1. The summed E-state index contributed by atoms with van der Waals surface area (Å²) in [5.41, 5.74) is 7.03. The quantitative estimate of drug-likeness (QED) is 0.832. The van der Waals surface area contributed by atoms with E-state index in [0.717, 1.165) is 13.1 Å². The summed E-state index contributed by atoms with van der Waals surface area (Å²) in [5, 5.41) is 2.98. The van der Waals surface area contributed by atoms with Crippen LogP contribution in [0.15, 0.2) is 12.3 Å². The SMILES string of the molecule is CCn1cc(N)cc1C(=O)NCCN(C)C1CCCC1. The summed E-state index contributed by atoms with van der Waals surface area (Å²) in [7, 11) is 2.15. The number of aromatic nitrogens is 1. The second-order valence-electron chi connectivity index (χ2n) is 5.62. The summed E-state index contributed by atoms with van der Waals surface area (Å²) < 4.78 is 1.88. The van der Waals surface area contributed by atoms with Gasteiger partial charge in [0.1, 0.15) is 5.69 Å². The molecule has 1 saturated carbocycles. The lowest BCUT2D eigenvalue weighted by atomic mass is 10.2. The molecule has 0 spiro atoms. The van der Waals surface area contributed by atoms with E-state index in [4.69, 9.17) is 5.73 Å². The Bertz CT molecular complexity index is 449. The molecular weight excluding hydrogens is 252 g/mol. The number of nitrogen functional groups attached to an aromatic ring is 1. The maximum atomic E-state index is 12.1. The standard InChI is InChI=1S/C15H26N4O/c1-3-19-11-12(16)10-14(19)15(20)17-8-9-18(2)13-6-4-5-7-13/h10-11,13H,3-9,16H2,1-2H3,(H,17,20). The lowest BCUT2D eigenvalue weighted by molar-refractivity contribution is 0.0938. The molecule has 1 heterocycles. The Morgan fingerprint density at radius 1 is 1.50 bits per heavy atom. The van der Waals surface area contributed by atoms with Crippen molar-refractivity contribution in [2.45, 2.75) is 45.2 Å². The van der Waals surface area contributed by atoms with Gasteiger partial charge in [-0.3, -0.25) is 4.79 Å². The van der Waals surface area contributed by atoms with E-state index in [0.29, 0.717) is 24.0 Å². The molecule has 112 valence electrons. The third-order valence-electron chi connectivity index (χ3n) is 4.19. The van der Waals surface area contributed by atoms with E-state index in [9.17, 15) is 4.79 Å². The lowest BCUT2D eigenvalue weighted by Gasteiger charge is -2.23. The number of hydrogen-bond acceptors (Lipinski definition) is 3. The number of nitrogens with zero attached hydrogens (tertiary/aromatic N) is 2. The Labute approximate surface area is 121 Å². The van der Waals surface area contributed by atoms with Gasteiger partial charge < -0.3 is 20.5 Å². The Morgan fingerprint density at radius 3 is 2.85 bits per heavy atom. The van der Waals surface area contributed by atoms with Gasteiger partial charge in [0, 0.05) is 31.9 Å². The largest absolute Gasteiger partial charge is 0.397 e. The van der Waals surface area contributed by atoms with Gasteiger partial charge in [-0.2, -0.15) is 0 Å². The molecule has 1 aliphatic carbocycles. The van der Waals surface area contributed by atoms with Gasteiger partial charge in [0.15, 0.2) is 0 Å². The maximum Gasteiger partial charge on any atom is 0.268 e. The Morgan fingerprint density at radius 2 is 2.20 bits per heavy atom. The van der Waals surface area contributed by atoms with Gasteiger partial charge in [-0.05, 0) is 32.9 Å². The minimum absolute atomic E-state index is 0.0385. The highest BCUT2D eigenvalue weighted by Crippen LogP contribution is 2.21. The van der Waals surface area contributed by atoms with Gasteiger partial charge in [-0.15, -0.1) is 0 Å². The van der Waals surface area contributed by atoms with Crippen LogP contribution in [0.2, 0.25) is 0 Å². The van der Waals surface area contributed by atoms with Crippen LogP contribution in [-0.4, -0.2) is 41.6 Å². The van der Waals surface area contributed by atoms with Crippen molar-refractivity contribution in [1.29, 1.82) is 0 Å². The molecule has 1 aromatic rings. The van der Waals surface area contributed by atoms with E-state index in [1.807, 2.05) is 11.5 Å². The predicted molar refractivity (Wildman–Crippen MR) is 81.7 cm³/mol. The first-order valence-corrected chi connectivity index (χ1v) is 7.56. The Balaban J connectivity index is 1.79. The molecule has 0 atom stereocenters. The number of carbonyl (C=O) groups excluding carboxylic acids is 1. The highest BCUT2D eigenvalue weighted by Gasteiger charge is 2.19. The molecule has 0 unspecified atom stereocenters. The predicted octanol–water partition coefficient (Wildman–Crippen LogP) is 1.69. The first kappa shape index (κ1) is 14.9. The first-order chi connectivity index (χ1) is 9.61. The highest BCUT2D eigenvalue weighted by molar-refractivity contribution is 5.93. The molecule has 0 radical (unpaired) electrons. The topological polar surface area (TPSA) is 63.3 Å². The van der Waals surface area contributed by atoms with Crippen LogP contribution in [0.4, 0.5) is 5.69 Å². The van der Waals surface area contributed by atoms with Gasteiger partial charge in [-0.1, -0.05) is 12.8 Å². The van der Waals surface area contributed by atoms with Crippen LogP contribution >= 0.6 is 0 Å². The van der Waals surface area contributed by atoms with E-state index in [-0.39, 0.29) is 5.91 Å². The smallest absolute Gasteiger partial charge is 0.268 e. The summed E-state index contributed by atoms with van der Waals surface area (Å²) in [6.07, 6.45) is 7.06. The Hall–Kier alpha value is -1.49. The summed E-state index contributed by atoms with van der Waals surface area (Å²) in [6.45, 7) is 4.34. The van der Waals surface area contributed by atoms with Crippen LogP contribution in [-0.2, 0) is 6.54 Å². The second-order valence-corrected chi connectivity index (χ2v) is 5.62. The molecule has 0 saturated heterocycles. The van der Waals surface area contributed by atoms with Crippen LogP contribution in [0.25, 0.3) is 0 Å². The van der Waals surface area contributed by atoms with Crippen molar-refractivity contribution in [2.75, 3.05) is 25.9 Å². The molecule has 0 aliphatic heterocycles. The van der Waals surface area contributed by atoms with Crippen molar-refractivity contribution in [1.82, 2.24) is 14.8 Å². The van der Waals surface area contributed by atoms with Crippen LogP contribution in [0.1, 0.15) is 43.1 Å². The zero-order valence-electron chi connectivity index (χ0n) is 12.6. The normalized spacial score (nSPS) is 15.9. The van der Waals surface area contributed by atoms with E-state index in [1.54, 1.807) is 12.3 Å². The molecule has 3 N–H and O–H groups in total. The summed E-state index contributed by atoms with van der Waals surface area (Å²) in [5.74, 6) is -0.0385.